The molecule has 162 valence electrons. The molecule has 7 nitrogen and oxygen atoms in total. The van der Waals surface area contributed by atoms with Gasteiger partial charge in [-0.2, -0.15) is 0 Å². The lowest BCUT2D eigenvalue weighted by molar-refractivity contribution is -0.143. The Morgan fingerprint density at radius 3 is 2.77 bits per heavy atom. The molecule has 0 amide bonds. The van der Waals surface area contributed by atoms with E-state index in [1.54, 1.807) is 9.36 Å². The number of halogens is 2. The predicted octanol–water partition coefficient (Wildman–Crippen LogP) is 3.22. The molecule has 11 heteroatoms. The van der Waals surface area contributed by atoms with E-state index in [0.29, 0.717) is 36.7 Å². The Labute approximate surface area is 186 Å². The summed E-state index contributed by atoms with van der Waals surface area (Å²) in [6.07, 6.45) is 1.67. The maximum atomic E-state index is 14.5. The number of benzene rings is 1. The van der Waals surface area contributed by atoms with Gasteiger partial charge in [0.2, 0.25) is 4.80 Å². The minimum absolute atomic E-state index is 0.00388. The van der Waals surface area contributed by atoms with Crippen LogP contribution in [0, 0.1) is 5.82 Å². The third-order valence-corrected chi connectivity index (χ3v) is 5.99. The molecule has 1 aliphatic rings. The smallest absolute Gasteiger partial charge is 0.325 e. The van der Waals surface area contributed by atoms with Crippen LogP contribution in [0.5, 0.6) is 0 Å². The van der Waals surface area contributed by atoms with Crippen molar-refractivity contribution in [2.24, 2.45) is 4.99 Å². The average molecular weight is 474 g/mol. The second-order valence-corrected chi connectivity index (χ2v) is 8.34. The molecule has 0 bridgehead atoms. The first-order valence-corrected chi connectivity index (χ1v) is 11.1. The van der Waals surface area contributed by atoms with Crippen molar-refractivity contribution in [2.45, 2.75) is 39.3 Å². The number of carbonyl (C=O) groups excluding carboxylic acids is 1. The van der Waals surface area contributed by atoms with Crippen molar-refractivity contribution in [2.75, 3.05) is 19.8 Å². The highest BCUT2D eigenvalue weighted by Crippen LogP contribution is 2.27. The summed E-state index contributed by atoms with van der Waals surface area (Å²) in [5.74, 6) is -1.16. The van der Waals surface area contributed by atoms with E-state index in [-0.39, 0.29) is 33.5 Å². The van der Waals surface area contributed by atoms with Crippen LogP contribution in [0.15, 0.2) is 21.9 Å². The summed E-state index contributed by atoms with van der Waals surface area (Å²) in [6, 6.07) is 2.51. The SMILES string of the molecule is CCOCCOC(=O)CC(=S)c1cc(/N=c2/sc(=O)n3n2CCCC3)c(F)cc1Cl. The lowest BCUT2D eigenvalue weighted by atomic mass is 10.1. The summed E-state index contributed by atoms with van der Waals surface area (Å²) in [7, 11) is 0. The molecule has 0 atom stereocenters. The molecule has 2 heterocycles. The topological polar surface area (TPSA) is 74.8 Å². The maximum Gasteiger partial charge on any atom is 0.325 e. The van der Waals surface area contributed by atoms with Gasteiger partial charge in [-0.3, -0.25) is 14.3 Å². The predicted molar refractivity (Wildman–Crippen MR) is 116 cm³/mol. The number of nitrogens with zero attached hydrogens (tertiary/aromatic N) is 3. The van der Waals surface area contributed by atoms with Crippen LogP contribution >= 0.6 is 35.2 Å². The second kappa shape index (κ2) is 10.4. The fourth-order valence-electron chi connectivity index (χ4n) is 2.99. The van der Waals surface area contributed by atoms with E-state index in [1.165, 1.54) is 6.07 Å². The summed E-state index contributed by atoms with van der Waals surface area (Å²) in [5, 5.41) is 0.0818. The third-order valence-electron chi connectivity index (χ3n) is 4.44. The van der Waals surface area contributed by atoms with Crippen molar-refractivity contribution in [1.82, 2.24) is 9.36 Å². The molecule has 0 radical (unpaired) electrons. The second-order valence-electron chi connectivity index (χ2n) is 6.52. The van der Waals surface area contributed by atoms with Crippen molar-refractivity contribution >= 4 is 51.7 Å². The summed E-state index contributed by atoms with van der Waals surface area (Å²) in [6.45, 7) is 4.07. The number of thiocarbonyl (C=S) groups is 1. The van der Waals surface area contributed by atoms with Gasteiger partial charge in [-0.25, -0.2) is 14.1 Å². The van der Waals surface area contributed by atoms with Crippen LogP contribution in [-0.4, -0.2) is 40.0 Å². The Hall–Kier alpha value is -1.88. The van der Waals surface area contributed by atoms with Crippen LogP contribution in [0.3, 0.4) is 0 Å². The van der Waals surface area contributed by atoms with Crippen LogP contribution in [0.25, 0.3) is 0 Å². The lowest BCUT2D eigenvalue weighted by Crippen LogP contribution is -2.31. The van der Waals surface area contributed by atoms with Gasteiger partial charge in [0.15, 0.2) is 0 Å². The first-order chi connectivity index (χ1) is 14.4. The van der Waals surface area contributed by atoms with E-state index >= 15 is 0 Å². The highest BCUT2D eigenvalue weighted by Gasteiger charge is 2.17. The van der Waals surface area contributed by atoms with Gasteiger partial charge in [-0.1, -0.05) is 23.8 Å². The van der Waals surface area contributed by atoms with E-state index in [0.717, 1.165) is 30.2 Å². The van der Waals surface area contributed by atoms with Crippen molar-refractivity contribution in [3.8, 4) is 0 Å². The molecule has 2 aromatic rings. The zero-order valence-corrected chi connectivity index (χ0v) is 18.7. The third kappa shape index (κ3) is 5.42. The molecule has 1 aromatic carbocycles. The molecular formula is C19H21ClFN3O4S2. The van der Waals surface area contributed by atoms with Gasteiger partial charge in [-0.15, -0.1) is 0 Å². The first-order valence-electron chi connectivity index (χ1n) is 9.51. The number of aromatic nitrogens is 2. The van der Waals surface area contributed by atoms with Crippen molar-refractivity contribution < 1.29 is 18.7 Å². The van der Waals surface area contributed by atoms with E-state index in [1.807, 2.05) is 6.92 Å². The zero-order valence-electron chi connectivity index (χ0n) is 16.4. The number of esters is 1. The van der Waals surface area contributed by atoms with Crippen LogP contribution in [0.2, 0.25) is 5.02 Å². The quantitative estimate of drug-likeness (QED) is 0.255. The van der Waals surface area contributed by atoms with E-state index in [9.17, 15) is 14.0 Å². The molecule has 0 unspecified atom stereocenters. The Morgan fingerprint density at radius 1 is 1.30 bits per heavy atom. The number of carbonyl (C=O) groups is 1. The van der Waals surface area contributed by atoms with Gasteiger partial charge in [0.05, 0.1) is 18.1 Å². The number of ether oxygens (including phenoxy) is 2. The van der Waals surface area contributed by atoms with Gasteiger partial charge in [0.1, 0.15) is 18.1 Å². The van der Waals surface area contributed by atoms with Crippen LogP contribution < -0.4 is 9.67 Å². The summed E-state index contributed by atoms with van der Waals surface area (Å²) in [4.78, 5) is 28.9. The minimum Gasteiger partial charge on any atom is -0.463 e. The molecule has 1 aliphatic heterocycles. The molecule has 30 heavy (non-hydrogen) atoms. The largest absolute Gasteiger partial charge is 0.463 e. The lowest BCUT2D eigenvalue weighted by Gasteiger charge is -2.15. The van der Waals surface area contributed by atoms with Crippen molar-refractivity contribution in [3.05, 3.63) is 43.0 Å². The average Bonchev–Trinajstić information content (AvgIpc) is 3.03. The normalized spacial score (nSPS) is 13.9. The number of hydrogen-bond donors (Lipinski definition) is 0. The number of rotatable bonds is 8. The van der Waals surface area contributed by atoms with E-state index in [2.05, 4.69) is 4.99 Å². The molecule has 0 N–H and O–H groups in total. The Kier molecular flexibility index (Phi) is 7.93. The first kappa shape index (κ1) is 22.8. The van der Waals surface area contributed by atoms with Gasteiger partial charge in [0.25, 0.3) is 0 Å². The van der Waals surface area contributed by atoms with Crippen LogP contribution in [0.4, 0.5) is 10.1 Å². The molecule has 3 rings (SSSR count). The monoisotopic (exact) mass is 473 g/mol. The van der Waals surface area contributed by atoms with E-state index in [4.69, 9.17) is 33.3 Å². The van der Waals surface area contributed by atoms with Gasteiger partial charge >= 0.3 is 10.8 Å². The molecule has 0 aliphatic carbocycles. The molecule has 1 aromatic heterocycles. The fraction of sp³-hybridized carbons (Fsp3) is 0.474. The van der Waals surface area contributed by atoms with Crippen LogP contribution in [-0.2, 0) is 27.4 Å². The number of fused-ring (bicyclic) bond motifs is 1. The zero-order chi connectivity index (χ0) is 21.7. The Balaban J connectivity index is 1.84. The Bertz CT molecular complexity index is 1080. The van der Waals surface area contributed by atoms with Gasteiger partial charge in [0, 0.05) is 30.1 Å². The summed E-state index contributed by atoms with van der Waals surface area (Å²) in [5.41, 5.74) is 0.336. The highest BCUT2D eigenvalue weighted by atomic mass is 35.5. The van der Waals surface area contributed by atoms with Crippen LogP contribution in [0.1, 0.15) is 31.7 Å². The van der Waals surface area contributed by atoms with Crippen molar-refractivity contribution in [3.63, 3.8) is 0 Å². The van der Waals surface area contributed by atoms with Gasteiger partial charge < -0.3 is 9.47 Å². The van der Waals surface area contributed by atoms with Crippen molar-refractivity contribution in [1.29, 1.82) is 0 Å². The van der Waals surface area contributed by atoms with Gasteiger partial charge in [-0.05, 0) is 43.2 Å². The summed E-state index contributed by atoms with van der Waals surface area (Å²) < 4.78 is 28.1. The minimum atomic E-state index is -0.637. The standard InChI is InChI=1S/C19H21ClFN3O4S2/c1-2-27-7-8-28-17(25)11-16(29)12-9-15(14(21)10-13(12)20)22-18-23-5-3-4-6-24(23)19(26)30-18/h9-10H,2-8,11H2,1H3/b22-18+. The molecule has 0 saturated carbocycles. The molecule has 0 saturated heterocycles. The number of hydrogen-bond acceptors (Lipinski definition) is 7. The van der Waals surface area contributed by atoms with E-state index < -0.39 is 11.8 Å². The summed E-state index contributed by atoms with van der Waals surface area (Å²) >= 11 is 12.4. The maximum absolute atomic E-state index is 14.5. The molecule has 0 fully saturated rings. The molecule has 0 spiro atoms. The highest BCUT2D eigenvalue weighted by molar-refractivity contribution is 7.81. The fourth-order valence-corrected chi connectivity index (χ4v) is 4.49. The molecular weight excluding hydrogens is 453 g/mol. The Morgan fingerprint density at radius 2 is 2.03 bits per heavy atom.